The quantitative estimate of drug-likeness (QED) is 0.527. The Morgan fingerprint density at radius 2 is 2.03 bits per heavy atom. The number of likely N-dealkylation sites (tertiary alicyclic amines) is 1. The van der Waals surface area contributed by atoms with Crippen LogP contribution in [0, 0.1) is 0 Å². The number of aromatic amines is 1. The summed E-state index contributed by atoms with van der Waals surface area (Å²) in [6, 6.07) is 15.7. The van der Waals surface area contributed by atoms with Crippen LogP contribution in [0.25, 0.3) is 21.9 Å². The maximum atomic E-state index is 14.6. The van der Waals surface area contributed by atoms with Crippen molar-refractivity contribution in [1.82, 2.24) is 19.9 Å². The van der Waals surface area contributed by atoms with E-state index in [2.05, 4.69) is 25.9 Å². The van der Waals surface area contributed by atoms with Gasteiger partial charge >= 0.3 is 0 Å². The van der Waals surface area contributed by atoms with Crippen LogP contribution in [0.5, 0.6) is 5.75 Å². The van der Waals surface area contributed by atoms with Crippen LogP contribution in [0.3, 0.4) is 0 Å². The van der Waals surface area contributed by atoms with E-state index in [9.17, 15) is 4.39 Å². The van der Waals surface area contributed by atoms with Crippen LogP contribution < -0.4 is 4.74 Å². The molecule has 30 heavy (non-hydrogen) atoms. The van der Waals surface area contributed by atoms with E-state index in [4.69, 9.17) is 9.47 Å². The second kappa shape index (κ2) is 8.01. The number of halogens is 1. The second-order valence-corrected chi connectivity index (χ2v) is 7.61. The number of hydrogen-bond donors (Lipinski definition) is 1. The Morgan fingerprint density at radius 1 is 1.13 bits per heavy atom. The lowest BCUT2D eigenvalue weighted by Crippen LogP contribution is -2.24. The molecule has 1 N–H and O–H groups in total. The minimum atomic E-state index is -1.03. The maximum Gasteiger partial charge on any atom is 0.140 e. The Labute approximate surface area is 173 Å². The minimum absolute atomic E-state index is 0.244. The first-order valence-corrected chi connectivity index (χ1v) is 10.0. The van der Waals surface area contributed by atoms with Crippen molar-refractivity contribution in [2.24, 2.45) is 0 Å². The third-order valence-electron chi connectivity index (χ3n) is 5.58. The van der Waals surface area contributed by atoms with Crippen LogP contribution >= 0.6 is 0 Å². The molecule has 2 atom stereocenters. The van der Waals surface area contributed by atoms with Gasteiger partial charge in [0.15, 0.2) is 0 Å². The third-order valence-corrected chi connectivity index (χ3v) is 5.58. The van der Waals surface area contributed by atoms with Crippen LogP contribution in [0.2, 0.25) is 0 Å². The summed E-state index contributed by atoms with van der Waals surface area (Å²) in [6.07, 6.45) is 0.314. The normalized spacial score (nSPS) is 19.7. The summed E-state index contributed by atoms with van der Waals surface area (Å²) in [6.45, 7) is 1.83. The molecule has 1 aliphatic rings. The molecular weight excluding hydrogens is 383 g/mol. The average molecular weight is 406 g/mol. The first-order valence-electron chi connectivity index (χ1n) is 10.0. The highest BCUT2D eigenvalue weighted by Crippen LogP contribution is 2.24. The van der Waals surface area contributed by atoms with Crippen LogP contribution in [0.1, 0.15) is 11.4 Å². The van der Waals surface area contributed by atoms with Gasteiger partial charge in [-0.05, 0) is 29.8 Å². The van der Waals surface area contributed by atoms with Crippen molar-refractivity contribution in [3.63, 3.8) is 0 Å². The third kappa shape index (κ3) is 3.74. The Kier molecular flexibility index (Phi) is 5.06. The number of pyridine rings is 1. The summed E-state index contributed by atoms with van der Waals surface area (Å²) in [7, 11) is 1.63. The number of H-pyrrole nitrogens is 1. The Hall–Kier alpha value is -3.03. The van der Waals surface area contributed by atoms with Crippen molar-refractivity contribution in [3.8, 4) is 5.75 Å². The van der Waals surface area contributed by atoms with Gasteiger partial charge in [-0.15, -0.1) is 0 Å². The van der Waals surface area contributed by atoms with Gasteiger partial charge in [-0.2, -0.15) is 0 Å². The number of nitrogens with one attached hydrogen (secondary N) is 1. The number of hydrogen-bond acceptors (Lipinski definition) is 5. The predicted octanol–water partition coefficient (Wildman–Crippen LogP) is 3.86. The minimum Gasteiger partial charge on any atom is -0.497 e. The van der Waals surface area contributed by atoms with Crippen molar-refractivity contribution >= 4 is 21.9 Å². The number of para-hydroxylation sites is 1. The summed E-state index contributed by atoms with van der Waals surface area (Å²) < 4.78 is 25.8. The number of alkyl halides is 1. The molecule has 1 aliphatic heterocycles. The largest absolute Gasteiger partial charge is 0.497 e. The van der Waals surface area contributed by atoms with E-state index in [1.807, 2.05) is 48.7 Å². The van der Waals surface area contributed by atoms with E-state index in [0.29, 0.717) is 25.5 Å². The fraction of sp³-hybridized carbons (Fsp3) is 0.304. The van der Waals surface area contributed by atoms with Crippen LogP contribution in [0.15, 0.2) is 54.7 Å². The Bertz CT molecular complexity index is 1170. The zero-order valence-corrected chi connectivity index (χ0v) is 16.7. The molecule has 2 aromatic heterocycles. The van der Waals surface area contributed by atoms with Gasteiger partial charge in [0.1, 0.15) is 30.5 Å². The van der Waals surface area contributed by atoms with Gasteiger partial charge in [-0.25, -0.2) is 9.37 Å². The highest BCUT2D eigenvalue weighted by molar-refractivity contribution is 5.81. The molecule has 0 spiro atoms. The van der Waals surface area contributed by atoms with Crippen molar-refractivity contribution in [2.45, 2.75) is 25.4 Å². The van der Waals surface area contributed by atoms with Gasteiger partial charge < -0.3 is 14.5 Å². The maximum absolute atomic E-state index is 14.6. The average Bonchev–Trinajstić information content (AvgIpc) is 3.34. The lowest BCUT2D eigenvalue weighted by atomic mass is 10.1. The standard InChI is InChI=1S/C23H23FN4O2/c1-29-16-6-7-20-21(10-16)27-23(26-20)14-30-22-13-28(12-18(22)24)11-15-8-9-25-19-5-3-2-4-17(15)19/h2-10,18,22H,11-14H2,1H3,(H,26,27). The van der Waals surface area contributed by atoms with E-state index in [0.717, 1.165) is 33.2 Å². The molecule has 1 saturated heterocycles. The number of aromatic nitrogens is 3. The molecule has 1 fully saturated rings. The molecule has 0 radical (unpaired) electrons. The van der Waals surface area contributed by atoms with Gasteiger partial charge in [0.25, 0.3) is 0 Å². The Balaban J connectivity index is 1.23. The zero-order valence-electron chi connectivity index (χ0n) is 16.7. The van der Waals surface area contributed by atoms with Gasteiger partial charge in [-0.3, -0.25) is 9.88 Å². The van der Waals surface area contributed by atoms with Crippen molar-refractivity contribution in [3.05, 3.63) is 66.1 Å². The Morgan fingerprint density at radius 3 is 2.93 bits per heavy atom. The van der Waals surface area contributed by atoms with Gasteiger partial charge in [-0.1, -0.05) is 18.2 Å². The number of ether oxygens (including phenoxy) is 2. The molecule has 5 rings (SSSR count). The van der Waals surface area contributed by atoms with Gasteiger partial charge in [0.05, 0.1) is 23.7 Å². The molecule has 154 valence electrons. The topological polar surface area (TPSA) is 63.3 Å². The highest BCUT2D eigenvalue weighted by atomic mass is 19.1. The van der Waals surface area contributed by atoms with Crippen molar-refractivity contribution in [2.75, 3.05) is 20.2 Å². The molecule has 2 aromatic carbocycles. The molecule has 0 amide bonds. The van der Waals surface area contributed by atoms with Crippen molar-refractivity contribution in [1.29, 1.82) is 0 Å². The molecule has 3 heterocycles. The first-order chi connectivity index (χ1) is 14.7. The molecule has 0 bridgehead atoms. The van der Waals surface area contributed by atoms with E-state index in [1.54, 1.807) is 7.11 Å². The monoisotopic (exact) mass is 406 g/mol. The lowest BCUT2D eigenvalue weighted by Gasteiger charge is -2.16. The van der Waals surface area contributed by atoms with Crippen molar-refractivity contribution < 1.29 is 13.9 Å². The fourth-order valence-electron chi connectivity index (χ4n) is 4.05. The molecule has 4 aromatic rings. The molecule has 0 aliphatic carbocycles. The molecule has 2 unspecified atom stereocenters. The summed E-state index contributed by atoms with van der Waals surface area (Å²) in [5.74, 6) is 1.45. The number of rotatable bonds is 6. The molecule has 0 saturated carbocycles. The number of nitrogens with zero attached hydrogens (tertiary/aromatic N) is 3. The lowest BCUT2D eigenvalue weighted by molar-refractivity contribution is 0.00864. The highest BCUT2D eigenvalue weighted by Gasteiger charge is 2.34. The first kappa shape index (κ1) is 19.0. The van der Waals surface area contributed by atoms with Gasteiger partial charge in [0.2, 0.25) is 0 Å². The number of imidazole rings is 1. The van der Waals surface area contributed by atoms with Crippen LogP contribution in [-0.4, -0.2) is 52.3 Å². The summed E-state index contributed by atoms with van der Waals surface area (Å²) in [5, 5.41) is 1.11. The van der Waals surface area contributed by atoms with Crippen LogP contribution in [0.4, 0.5) is 4.39 Å². The number of benzene rings is 2. The van der Waals surface area contributed by atoms with E-state index < -0.39 is 12.3 Å². The predicted molar refractivity (Wildman–Crippen MR) is 113 cm³/mol. The fourth-order valence-corrected chi connectivity index (χ4v) is 4.05. The zero-order chi connectivity index (χ0) is 20.5. The summed E-state index contributed by atoms with van der Waals surface area (Å²) in [4.78, 5) is 14.2. The summed E-state index contributed by atoms with van der Waals surface area (Å²) >= 11 is 0. The van der Waals surface area contributed by atoms with E-state index >= 15 is 0 Å². The molecule has 6 nitrogen and oxygen atoms in total. The van der Waals surface area contributed by atoms with Crippen LogP contribution in [-0.2, 0) is 17.9 Å². The molecule has 7 heteroatoms. The molecular formula is C23H23FN4O2. The smallest absolute Gasteiger partial charge is 0.140 e. The SMILES string of the molecule is COc1ccc2nc(COC3CN(Cc4ccnc5ccccc45)CC3F)[nH]c2c1. The van der Waals surface area contributed by atoms with E-state index in [-0.39, 0.29) is 6.61 Å². The number of fused-ring (bicyclic) bond motifs is 2. The van der Waals surface area contributed by atoms with E-state index in [1.165, 1.54) is 0 Å². The summed E-state index contributed by atoms with van der Waals surface area (Å²) in [5.41, 5.74) is 3.83. The van der Waals surface area contributed by atoms with Gasteiger partial charge in [0, 0.05) is 37.3 Å². The number of methoxy groups -OCH3 is 1. The second-order valence-electron chi connectivity index (χ2n) is 7.61.